The molecule has 0 saturated heterocycles. The van der Waals surface area contributed by atoms with E-state index < -0.39 is 10.1 Å². The van der Waals surface area contributed by atoms with Crippen molar-refractivity contribution in [3.8, 4) is 17.9 Å². The predicted molar refractivity (Wildman–Crippen MR) is 87.6 cm³/mol. The van der Waals surface area contributed by atoms with E-state index in [2.05, 4.69) is 20.2 Å². The molecule has 0 aliphatic heterocycles. The van der Waals surface area contributed by atoms with Gasteiger partial charge in [0.2, 0.25) is 5.95 Å². The van der Waals surface area contributed by atoms with E-state index in [1.165, 1.54) is 24.3 Å². The molecule has 1 heterocycles. The van der Waals surface area contributed by atoms with Gasteiger partial charge in [0.05, 0.1) is 4.90 Å². The number of phenols is 1. The summed E-state index contributed by atoms with van der Waals surface area (Å²) in [5.74, 6) is -0.336. The van der Waals surface area contributed by atoms with E-state index >= 15 is 0 Å². The molecule has 0 unspecified atom stereocenters. The zero-order chi connectivity index (χ0) is 18.9. The average Bonchev–Trinajstić information content (AvgIpc) is 3.02. The second kappa shape index (κ2) is 6.25. The zero-order valence-corrected chi connectivity index (χ0v) is 13.6. The Morgan fingerprint density at radius 3 is 2.50 bits per heavy atom. The van der Waals surface area contributed by atoms with Crippen molar-refractivity contribution in [2.45, 2.75) is 4.90 Å². The summed E-state index contributed by atoms with van der Waals surface area (Å²) in [4.78, 5) is 5.97. The Morgan fingerprint density at radius 2 is 1.88 bits per heavy atom. The summed E-state index contributed by atoms with van der Waals surface area (Å²) in [6, 6.07) is 9.96. The number of H-pyrrole nitrogens is 1. The number of rotatable bonds is 3. The van der Waals surface area contributed by atoms with Gasteiger partial charge in [0.1, 0.15) is 23.6 Å². The van der Waals surface area contributed by atoms with Gasteiger partial charge < -0.3 is 10.1 Å². The molecule has 0 amide bonds. The van der Waals surface area contributed by atoms with Crippen molar-refractivity contribution >= 4 is 32.5 Å². The molecule has 0 bridgehead atoms. The Bertz CT molecular complexity index is 1220. The quantitative estimate of drug-likeness (QED) is 0.470. The van der Waals surface area contributed by atoms with Crippen LogP contribution in [0.4, 0.5) is 11.6 Å². The highest BCUT2D eigenvalue weighted by Crippen LogP contribution is 2.36. The van der Waals surface area contributed by atoms with E-state index in [1.807, 2.05) is 0 Å². The molecule has 0 atom stereocenters. The van der Waals surface area contributed by atoms with Crippen LogP contribution in [0.3, 0.4) is 0 Å². The summed E-state index contributed by atoms with van der Waals surface area (Å²) < 4.78 is 31.6. The number of aromatic amines is 1. The SMILES string of the molecule is N#Cc1nc(N=Nc2c(O)ccc3cc(S(=O)(=O)O)ccc23)[nH]c1C#N. The number of aromatic nitrogens is 2. The molecule has 128 valence electrons. The number of hydrogen-bond acceptors (Lipinski definition) is 8. The molecule has 11 heteroatoms. The molecule has 0 spiro atoms. The van der Waals surface area contributed by atoms with Crippen molar-refractivity contribution in [2.24, 2.45) is 10.2 Å². The molecule has 3 N–H and O–H groups in total. The minimum Gasteiger partial charge on any atom is -0.506 e. The standard InChI is InChI=1S/C15H8N6O4S/c16-6-11-12(7-17)19-15(18-11)21-20-14-10-3-2-9(26(23,24)25)5-8(10)1-4-13(14)22/h1-5,22H,(H,18,19)(H,23,24,25). The Morgan fingerprint density at radius 1 is 1.12 bits per heavy atom. The maximum Gasteiger partial charge on any atom is 0.294 e. The fourth-order valence-corrected chi connectivity index (χ4v) is 2.73. The van der Waals surface area contributed by atoms with Gasteiger partial charge in [0.25, 0.3) is 10.1 Å². The van der Waals surface area contributed by atoms with Crippen LogP contribution in [0.5, 0.6) is 5.75 Å². The van der Waals surface area contributed by atoms with Crippen molar-refractivity contribution in [1.82, 2.24) is 9.97 Å². The number of phenolic OH excluding ortho intramolecular Hbond substituents is 1. The van der Waals surface area contributed by atoms with Crippen LogP contribution in [0.15, 0.2) is 45.5 Å². The number of nitriles is 2. The zero-order valence-electron chi connectivity index (χ0n) is 12.7. The van der Waals surface area contributed by atoms with Gasteiger partial charge in [-0.05, 0) is 23.6 Å². The Labute approximate surface area is 146 Å². The van der Waals surface area contributed by atoms with Gasteiger partial charge in [-0.15, -0.1) is 10.2 Å². The van der Waals surface area contributed by atoms with Crippen LogP contribution in [0, 0.1) is 22.7 Å². The summed E-state index contributed by atoms with van der Waals surface area (Å²) in [5, 5.41) is 36.1. The lowest BCUT2D eigenvalue weighted by Crippen LogP contribution is -1.97. The molecule has 26 heavy (non-hydrogen) atoms. The second-order valence-electron chi connectivity index (χ2n) is 5.00. The summed E-state index contributed by atoms with van der Waals surface area (Å²) >= 11 is 0. The van der Waals surface area contributed by atoms with E-state index in [-0.39, 0.29) is 33.7 Å². The average molecular weight is 368 g/mol. The number of azo groups is 1. The third-order valence-corrected chi connectivity index (χ3v) is 4.24. The largest absolute Gasteiger partial charge is 0.506 e. The number of nitrogens with zero attached hydrogens (tertiary/aromatic N) is 5. The number of aromatic hydroxyl groups is 1. The van der Waals surface area contributed by atoms with Gasteiger partial charge in [-0.2, -0.15) is 23.9 Å². The van der Waals surface area contributed by atoms with Crippen LogP contribution in [-0.2, 0) is 10.1 Å². The van der Waals surface area contributed by atoms with E-state index in [0.29, 0.717) is 10.8 Å². The Hall–Kier alpha value is -3.80. The van der Waals surface area contributed by atoms with Crippen molar-refractivity contribution in [3.63, 3.8) is 0 Å². The number of imidazole rings is 1. The van der Waals surface area contributed by atoms with E-state index in [1.54, 1.807) is 12.1 Å². The highest BCUT2D eigenvalue weighted by molar-refractivity contribution is 7.85. The van der Waals surface area contributed by atoms with Crippen molar-refractivity contribution in [1.29, 1.82) is 10.5 Å². The van der Waals surface area contributed by atoms with Crippen LogP contribution >= 0.6 is 0 Å². The van der Waals surface area contributed by atoms with Crippen LogP contribution in [-0.4, -0.2) is 28.0 Å². The molecule has 0 aliphatic carbocycles. The Balaban J connectivity index is 2.10. The van der Waals surface area contributed by atoms with Gasteiger partial charge in [-0.25, -0.2) is 0 Å². The highest BCUT2D eigenvalue weighted by Gasteiger charge is 2.14. The lowest BCUT2D eigenvalue weighted by atomic mass is 10.1. The minimum absolute atomic E-state index is 0.0257. The summed E-state index contributed by atoms with van der Waals surface area (Å²) in [6.45, 7) is 0. The predicted octanol–water partition coefficient (Wildman–Crippen LogP) is 2.67. The van der Waals surface area contributed by atoms with Crippen molar-refractivity contribution in [2.75, 3.05) is 0 Å². The van der Waals surface area contributed by atoms with Gasteiger partial charge in [-0.3, -0.25) is 4.55 Å². The van der Waals surface area contributed by atoms with E-state index in [4.69, 9.17) is 15.1 Å². The minimum atomic E-state index is -4.37. The first kappa shape index (κ1) is 17.0. The Kier molecular flexibility index (Phi) is 4.10. The molecule has 1 aromatic heterocycles. The lowest BCUT2D eigenvalue weighted by molar-refractivity contribution is 0.477. The second-order valence-corrected chi connectivity index (χ2v) is 6.42. The highest BCUT2D eigenvalue weighted by atomic mass is 32.2. The maximum atomic E-state index is 11.2. The topological polar surface area (TPSA) is 176 Å². The molecule has 10 nitrogen and oxygen atoms in total. The van der Waals surface area contributed by atoms with Gasteiger partial charge in [0.15, 0.2) is 11.4 Å². The molecule has 2 aromatic carbocycles. The molecule has 3 aromatic rings. The first-order valence-corrected chi connectivity index (χ1v) is 8.32. The van der Waals surface area contributed by atoms with Crippen LogP contribution in [0.1, 0.15) is 11.4 Å². The molecule has 0 fully saturated rings. The van der Waals surface area contributed by atoms with Crippen LogP contribution < -0.4 is 0 Å². The molecule has 0 saturated carbocycles. The van der Waals surface area contributed by atoms with E-state index in [9.17, 15) is 13.5 Å². The molecule has 3 rings (SSSR count). The summed E-state index contributed by atoms with van der Waals surface area (Å²) in [5.41, 5.74) is -0.180. The first-order chi connectivity index (χ1) is 12.3. The third-order valence-electron chi connectivity index (χ3n) is 3.39. The number of fused-ring (bicyclic) bond motifs is 1. The smallest absolute Gasteiger partial charge is 0.294 e. The van der Waals surface area contributed by atoms with Crippen LogP contribution in [0.25, 0.3) is 10.8 Å². The molecule has 0 radical (unpaired) electrons. The fourth-order valence-electron chi connectivity index (χ4n) is 2.21. The molecule has 0 aliphatic rings. The normalized spacial score (nSPS) is 11.5. The van der Waals surface area contributed by atoms with Gasteiger partial charge >= 0.3 is 0 Å². The van der Waals surface area contributed by atoms with Crippen molar-refractivity contribution < 1.29 is 18.1 Å². The van der Waals surface area contributed by atoms with E-state index in [0.717, 1.165) is 6.07 Å². The molecular formula is C15H8N6O4S. The summed E-state index contributed by atoms with van der Waals surface area (Å²) in [7, 11) is -4.37. The van der Waals surface area contributed by atoms with Crippen molar-refractivity contribution in [3.05, 3.63) is 41.7 Å². The van der Waals surface area contributed by atoms with Gasteiger partial charge in [-0.1, -0.05) is 12.1 Å². The maximum absolute atomic E-state index is 11.2. The number of benzene rings is 2. The molecular weight excluding hydrogens is 360 g/mol. The number of hydrogen-bond donors (Lipinski definition) is 3. The summed E-state index contributed by atoms with van der Waals surface area (Å²) in [6.07, 6.45) is 0. The third kappa shape index (κ3) is 3.08. The van der Waals surface area contributed by atoms with Gasteiger partial charge in [0, 0.05) is 5.39 Å². The number of nitrogens with one attached hydrogen (secondary N) is 1. The monoisotopic (exact) mass is 368 g/mol. The van der Waals surface area contributed by atoms with Crippen LogP contribution in [0.2, 0.25) is 0 Å². The first-order valence-electron chi connectivity index (χ1n) is 6.88. The lowest BCUT2D eigenvalue weighted by Gasteiger charge is -2.05. The fraction of sp³-hybridized carbons (Fsp3) is 0.